The highest BCUT2D eigenvalue weighted by atomic mass is 19.1. The molecule has 0 bridgehead atoms. The van der Waals surface area contributed by atoms with E-state index in [2.05, 4.69) is 10.3 Å². The molecule has 0 aliphatic heterocycles. The molecule has 0 fully saturated rings. The van der Waals surface area contributed by atoms with Crippen LogP contribution in [0, 0.1) is 12.7 Å². The minimum atomic E-state index is -0.306. The van der Waals surface area contributed by atoms with Gasteiger partial charge in [0.05, 0.1) is 11.4 Å². The van der Waals surface area contributed by atoms with E-state index in [-0.39, 0.29) is 5.82 Å². The molecule has 1 N–H and O–H groups in total. The van der Waals surface area contributed by atoms with Gasteiger partial charge in [-0.1, -0.05) is 0 Å². The van der Waals surface area contributed by atoms with Gasteiger partial charge in [0.1, 0.15) is 0 Å². The van der Waals surface area contributed by atoms with Crippen molar-refractivity contribution in [1.82, 2.24) is 9.38 Å². The summed E-state index contributed by atoms with van der Waals surface area (Å²) >= 11 is 0. The molecule has 0 aromatic carbocycles. The molecule has 2 aromatic rings. The Bertz CT molecular complexity index is 447. The van der Waals surface area contributed by atoms with E-state index in [1.807, 2.05) is 6.92 Å². The lowest BCUT2D eigenvalue weighted by atomic mass is 10.4. The van der Waals surface area contributed by atoms with E-state index in [1.54, 1.807) is 23.8 Å². The lowest BCUT2D eigenvalue weighted by Gasteiger charge is -2.01. The highest BCUT2D eigenvalue weighted by Gasteiger charge is 2.05. The fourth-order valence-corrected chi connectivity index (χ4v) is 1.32. The Morgan fingerprint density at radius 2 is 2.23 bits per heavy atom. The van der Waals surface area contributed by atoms with E-state index in [4.69, 9.17) is 0 Å². The summed E-state index contributed by atoms with van der Waals surface area (Å²) in [5.74, 6) is -0.306. The number of imidazole rings is 1. The van der Waals surface area contributed by atoms with Crippen LogP contribution in [-0.2, 0) is 0 Å². The number of nitrogens with one attached hydrogen (secondary N) is 1. The summed E-state index contributed by atoms with van der Waals surface area (Å²) in [6, 6.07) is 1.43. The first kappa shape index (κ1) is 8.04. The van der Waals surface area contributed by atoms with Gasteiger partial charge in [0.15, 0.2) is 11.5 Å². The molecular formula is C9H10FN3. The van der Waals surface area contributed by atoms with Gasteiger partial charge in [-0.05, 0) is 6.92 Å². The van der Waals surface area contributed by atoms with Crippen molar-refractivity contribution in [3.63, 3.8) is 0 Å². The van der Waals surface area contributed by atoms with Crippen LogP contribution >= 0.6 is 0 Å². The number of rotatable bonds is 1. The third-order valence-corrected chi connectivity index (χ3v) is 1.92. The molecule has 2 aromatic heterocycles. The molecule has 2 rings (SSSR count). The maximum Gasteiger partial charge on any atom is 0.173 e. The number of aryl methyl sites for hydroxylation is 1. The zero-order chi connectivity index (χ0) is 9.42. The van der Waals surface area contributed by atoms with Crippen molar-refractivity contribution in [2.45, 2.75) is 6.92 Å². The first-order chi connectivity index (χ1) is 6.20. The molecule has 0 atom stereocenters. The fourth-order valence-electron chi connectivity index (χ4n) is 1.32. The molecule has 0 unspecified atom stereocenters. The summed E-state index contributed by atoms with van der Waals surface area (Å²) in [6.45, 7) is 1.84. The smallest absolute Gasteiger partial charge is 0.173 e. The monoisotopic (exact) mass is 179 g/mol. The van der Waals surface area contributed by atoms with E-state index >= 15 is 0 Å². The molecule has 0 saturated carbocycles. The van der Waals surface area contributed by atoms with Gasteiger partial charge >= 0.3 is 0 Å². The van der Waals surface area contributed by atoms with E-state index < -0.39 is 0 Å². The van der Waals surface area contributed by atoms with Crippen LogP contribution in [0.4, 0.5) is 10.1 Å². The first-order valence-corrected chi connectivity index (χ1v) is 4.03. The molecule has 68 valence electrons. The number of hydrogen-bond donors (Lipinski definition) is 1. The molecule has 0 saturated heterocycles. The van der Waals surface area contributed by atoms with Gasteiger partial charge in [-0.15, -0.1) is 0 Å². The third kappa shape index (κ3) is 1.24. The van der Waals surface area contributed by atoms with Crippen molar-refractivity contribution in [2.75, 3.05) is 12.4 Å². The third-order valence-electron chi connectivity index (χ3n) is 1.92. The first-order valence-electron chi connectivity index (χ1n) is 4.03. The van der Waals surface area contributed by atoms with Crippen molar-refractivity contribution in [2.24, 2.45) is 0 Å². The summed E-state index contributed by atoms with van der Waals surface area (Å²) in [5.41, 5.74) is 1.92. The van der Waals surface area contributed by atoms with Gasteiger partial charge in [0.2, 0.25) is 0 Å². The lowest BCUT2D eigenvalue weighted by Crippen LogP contribution is -1.94. The molecular weight excluding hydrogens is 169 g/mol. The highest BCUT2D eigenvalue weighted by Crippen LogP contribution is 2.14. The van der Waals surface area contributed by atoms with Crippen LogP contribution in [0.5, 0.6) is 0 Å². The number of nitrogens with zero attached hydrogens (tertiary/aromatic N) is 2. The summed E-state index contributed by atoms with van der Waals surface area (Å²) in [6.07, 6.45) is 3.59. The minimum Gasteiger partial charge on any atom is -0.387 e. The summed E-state index contributed by atoms with van der Waals surface area (Å²) in [7, 11) is 1.75. The maximum absolute atomic E-state index is 13.3. The second kappa shape index (κ2) is 2.73. The van der Waals surface area contributed by atoms with Crippen molar-refractivity contribution in [1.29, 1.82) is 0 Å². The largest absolute Gasteiger partial charge is 0.387 e. The molecule has 0 amide bonds. The quantitative estimate of drug-likeness (QED) is 0.723. The highest BCUT2D eigenvalue weighted by molar-refractivity contribution is 5.51. The number of pyridine rings is 1. The van der Waals surface area contributed by atoms with Gasteiger partial charge in [0.25, 0.3) is 0 Å². The van der Waals surface area contributed by atoms with Crippen LogP contribution in [0.3, 0.4) is 0 Å². The number of aromatic nitrogens is 2. The number of fused-ring (bicyclic) bond motifs is 1. The number of halogens is 1. The van der Waals surface area contributed by atoms with Gasteiger partial charge in [-0.2, -0.15) is 0 Å². The second-order valence-electron chi connectivity index (χ2n) is 2.94. The van der Waals surface area contributed by atoms with Gasteiger partial charge in [-0.25, -0.2) is 9.37 Å². The molecule has 0 aliphatic carbocycles. The van der Waals surface area contributed by atoms with E-state index in [0.29, 0.717) is 5.65 Å². The van der Waals surface area contributed by atoms with Crippen molar-refractivity contribution >= 4 is 11.3 Å². The van der Waals surface area contributed by atoms with Crippen molar-refractivity contribution < 1.29 is 4.39 Å². The molecule has 0 radical (unpaired) electrons. The average Bonchev–Trinajstić information content (AvgIpc) is 2.46. The zero-order valence-electron chi connectivity index (χ0n) is 7.50. The fraction of sp³-hybridized carbons (Fsp3) is 0.222. The van der Waals surface area contributed by atoms with Crippen molar-refractivity contribution in [3.05, 3.63) is 30.0 Å². The van der Waals surface area contributed by atoms with Gasteiger partial charge < -0.3 is 9.72 Å². The summed E-state index contributed by atoms with van der Waals surface area (Å²) in [4.78, 5) is 4.05. The Hall–Kier alpha value is -1.58. The van der Waals surface area contributed by atoms with Gasteiger partial charge in [0, 0.05) is 25.5 Å². The van der Waals surface area contributed by atoms with Crippen molar-refractivity contribution in [3.8, 4) is 0 Å². The van der Waals surface area contributed by atoms with Crippen LogP contribution in [0.25, 0.3) is 5.65 Å². The predicted molar refractivity (Wildman–Crippen MR) is 49.4 cm³/mol. The van der Waals surface area contributed by atoms with Crippen LogP contribution in [0.15, 0.2) is 18.5 Å². The van der Waals surface area contributed by atoms with E-state index in [9.17, 15) is 4.39 Å². The molecule has 0 aliphatic rings. The van der Waals surface area contributed by atoms with Crippen LogP contribution in [0.2, 0.25) is 0 Å². The van der Waals surface area contributed by atoms with Crippen LogP contribution < -0.4 is 5.32 Å². The second-order valence-corrected chi connectivity index (χ2v) is 2.94. The Kier molecular flexibility index (Phi) is 1.69. The topological polar surface area (TPSA) is 29.3 Å². The molecule has 4 heteroatoms. The SMILES string of the molecule is CNc1cc(F)c2nc(C)cn2c1. The number of hydrogen-bond acceptors (Lipinski definition) is 2. The van der Waals surface area contributed by atoms with E-state index in [0.717, 1.165) is 11.4 Å². The Balaban J connectivity index is 2.75. The Labute approximate surface area is 75.2 Å². The Morgan fingerprint density at radius 3 is 2.92 bits per heavy atom. The molecule has 2 heterocycles. The Morgan fingerprint density at radius 1 is 1.46 bits per heavy atom. The summed E-state index contributed by atoms with van der Waals surface area (Å²) in [5, 5.41) is 2.88. The minimum absolute atomic E-state index is 0.306. The maximum atomic E-state index is 13.3. The molecule has 0 spiro atoms. The molecule has 3 nitrogen and oxygen atoms in total. The van der Waals surface area contributed by atoms with Gasteiger partial charge in [-0.3, -0.25) is 0 Å². The standard InChI is InChI=1S/C9H10FN3/c1-6-4-13-5-7(11-2)3-8(10)9(13)12-6/h3-5,11H,1-2H3. The van der Waals surface area contributed by atoms with E-state index in [1.165, 1.54) is 6.07 Å². The average molecular weight is 179 g/mol. The zero-order valence-corrected chi connectivity index (χ0v) is 7.50. The molecule has 13 heavy (non-hydrogen) atoms. The normalized spacial score (nSPS) is 10.7. The lowest BCUT2D eigenvalue weighted by molar-refractivity contribution is 0.630. The summed E-state index contributed by atoms with van der Waals surface area (Å²) < 4.78 is 15.0. The number of anilines is 1. The predicted octanol–water partition coefficient (Wildman–Crippen LogP) is 1.82. The van der Waals surface area contributed by atoms with Crippen LogP contribution in [-0.4, -0.2) is 16.4 Å². The van der Waals surface area contributed by atoms with Crippen LogP contribution in [0.1, 0.15) is 5.69 Å².